The van der Waals surface area contributed by atoms with Crippen LogP contribution in [0.25, 0.3) is 0 Å². The molecular formula is C50H82O23. The van der Waals surface area contributed by atoms with Gasteiger partial charge in [-0.25, -0.2) is 0 Å². The van der Waals surface area contributed by atoms with Crippen molar-refractivity contribution in [3.8, 4) is 0 Å². The molecule has 10 rings (SSSR count). The second kappa shape index (κ2) is 21.3. The van der Waals surface area contributed by atoms with E-state index in [1.807, 2.05) is 0 Å². The highest BCUT2D eigenvalue weighted by Gasteiger charge is 2.70. The number of ether oxygens (including phenoxy) is 10. The maximum atomic E-state index is 12.1. The van der Waals surface area contributed by atoms with E-state index in [0.717, 1.165) is 45.1 Å². The summed E-state index contributed by atoms with van der Waals surface area (Å²) in [5, 5.41) is 141. The van der Waals surface area contributed by atoms with Gasteiger partial charge >= 0.3 is 0 Å². The molecule has 10 aliphatic rings. The van der Waals surface area contributed by atoms with Gasteiger partial charge in [-0.15, -0.1) is 0 Å². The lowest BCUT2D eigenvalue weighted by atomic mass is 9.43. The third-order valence-corrected chi connectivity index (χ3v) is 20.0. The topological polar surface area (TPSA) is 355 Å². The Bertz CT molecular complexity index is 1860. The van der Waals surface area contributed by atoms with E-state index in [1.54, 1.807) is 0 Å². The second-order valence-corrected chi connectivity index (χ2v) is 24.0. The Morgan fingerprint density at radius 1 is 0.493 bits per heavy atom. The molecule has 0 bridgehead atoms. The lowest BCUT2D eigenvalue weighted by molar-refractivity contribution is -0.404. The third-order valence-electron chi connectivity index (χ3n) is 20.0. The van der Waals surface area contributed by atoms with Gasteiger partial charge in [-0.3, -0.25) is 0 Å². The van der Waals surface area contributed by atoms with Gasteiger partial charge in [0.2, 0.25) is 0 Å². The van der Waals surface area contributed by atoms with Gasteiger partial charge in [0.05, 0.1) is 51.3 Å². The molecule has 6 heterocycles. The van der Waals surface area contributed by atoms with E-state index >= 15 is 0 Å². The zero-order valence-electron chi connectivity index (χ0n) is 42.0. The van der Waals surface area contributed by atoms with Gasteiger partial charge in [0.25, 0.3) is 0 Å². The molecule has 0 amide bonds. The van der Waals surface area contributed by atoms with E-state index in [9.17, 15) is 66.4 Å². The van der Waals surface area contributed by atoms with Crippen LogP contribution in [0.3, 0.4) is 0 Å². The summed E-state index contributed by atoms with van der Waals surface area (Å²) in [6, 6.07) is 0. The van der Waals surface area contributed by atoms with Gasteiger partial charge in [-0.1, -0.05) is 27.7 Å². The summed E-state index contributed by atoms with van der Waals surface area (Å²) in [6.07, 6.45) is -26.8. The molecule has 32 atom stereocenters. The van der Waals surface area contributed by atoms with Crippen molar-refractivity contribution < 1.29 is 114 Å². The molecule has 23 heteroatoms. The Balaban J connectivity index is 0.822. The molecule has 1 spiro atoms. The van der Waals surface area contributed by atoms with Crippen LogP contribution in [0.5, 0.6) is 0 Å². The molecule has 6 saturated heterocycles. The Morgan fingerprint density at radius 2 is 1.11 bits per heavy atom. The highest BCUT2D eigenvalue weighted by molar-refractivity contribution is 5.16. The first-order chi connectivity index (χ1) is 34.7. The minimum Gasteiger partial charge on any atom is -0.394 e. The SMILES string of the molecule is C[C@@H]1CC[C@]2(OC1)O[C@H]1C[C@H]3[C@@H]4C[C@H](O)[C@H]5C[C@@H](O[C@@H]6O[C@H](CO)[C@H](O[C@@H]7O[C@H](CO)[C@@H](O)[C@H](O[C@@H]8OC[C@@H](O)[C@H](O)[C@H]8O)[C@H]7O[C@@H]7O[C@H](CO)[C@@H](O)[C@H](O)[C@H]7O)[C@H](O)[C@H]6O)CC[C@]5(C)[C@H]4CC[C@]3(C)[C@H]1[C@@H]2C. The van der Waals surface area contributed by atoms with Crippen molar-refractivity contribution in [1.29, 1.82) is 0 Å². The van der Waals surface area contributed by atoms with Crippen LogP contribution in [0, 0.1) is 52.3 Å². The molecule has 0 aromatic rings. The van der Waals surface area contributed by atoms with E-state index < -0.39 is 161 Å². The van der Waals surface area contributed by atoms with E-state index in [0.29, 0.717) is 48.9 Å². The summed E-state index contributed by atoms with van der Waals surface area (Å²) in [4.78, 5) is 0. The lowest BCUT2D eigenvalue weighted by Crippen LogP contribution is -2.68. The molecule has 0 unspecified atom stereocenters. The fourth-order valence-corrected chi connectivity index (χ4v) is 15.9. The minimum atomic E-state index is -2.01. The van der Waals surface area contributed by atoms with Crippen LogP contribution in [0.15, 0.2) is 0 Å². The lowest BCUT2D eigenvalue weighted by Gasteiger charge is -2.62. The molecule has 0 radical (unpaired) electrons. The van der Waals surface area contributed by atoms with Crippen LogP contribution in [-0.4, -0.2) is 240 Å². The molecule has 420 valence electrons. The van der Waals surface area contributed by atoms with Crippen LogP contribution >= 0.6 is 0 Å². The van der Waals surface area contributed by atoms with Gasteiger partial charge in [-0.2, -0.15) is 0 Å². The number of aliphatic hydroxyl groups is 13. The number of rotatable bonds is 11. The molecule has 73 heavy (non-hydrogen) atoms. The highest BCUT2D eigenvalue weighted by atomic mass is 16.8. The first-order valence-corrected chi connectivity index (χ1v) is 26.8. The fraction of sp³-hybridized carbons (Fsp3) is 1.00. The molecule has 4 aliphatic carbocycles. The maximum absolute atomic E-state index is 12.1. The summed E-state index contributed by atoms with van der Waals surface area (Å²) < 4.78 is 61.2. The van der Waals surface area contributed by atoms with Gasteiger partial charge in [0, 0.05) is 12.3 Å². The summed E-state index contributed by atoms with van der Waals surface area (Å²) in [5.41, 5.74) is -0.111. The van der Waals surface area contributed by atoms with Crippen molar-refractivity contribution >= 4 is 0 Å². The fourth-order valence-electron chi connectivity index (χ4n) is 15.9. The summed E-state index contributed by atoms with van der Waals surface area (Å²) in [5.74, 6) is 1.71. The van der Waals surface area contributed by atoms with Crippen molar-refractivity contribution in [3.05, 3.63) is 0 Å². The second-order valence-electron chi connectivity index (χ2n) is 24.0. The molecule has 0 aromatic carbocycles. The standard InChI is InChI=1S/C50H82O23/c1-19-5-10-50(65-17-19)20(2)32-28(73-50)13-24-22-12-26(54)25-11-21(6-8-48(25,3)23(22)7-9-49(24,32)4)66-45-40(63)37(60)41(31(16-53)69-45)70-47-43(72-46-39(62)36(59)34(57)29(14-51)67-46)42(35(58)30(15-52)68-47)71-44-38(61)33(56)27(55)18-64-44/h19-47,51-63H,5-18H2,1-4H3/t19-,20+,21+,22-,23+,24+,25-,26+,27-,28+,29-,30-,31-,32+,33+,34-,35-,36+,37-,38-,39-,40-,41+,42+,43-,44+,45-,46+,47+,48-,49+,50+/m1/s1. The average molecular weight is 1050 g/mol. The number of fused-ring (bicyclic) bond motifs is 7. The van der Waals surface area contributed by atoms with Crippen LogP contribution < -0.4 is 0 Å². The first-order valence-electron chi connectivity index (χ1n) is 26.8. The maximum Gasteiger partial charge on any atom is 0.187 e. The number of hydrogen-bond acceptors (Lipinski definition) is 23. The minimum absolute atomic E-state index is 0.0758. The molecular weight excluding hydrogens is 969 g/mol. The van der Waals surface area contributed by atoms with E-state index in [2.05, 4.69) is 27.7 Å². The first kappa shape index (κ1) is 55.4. The van der Waals surface area contributed by atoms with Crippen LogP contribution in [0.2, 0.25) is 0 Å². The Hall–Kier alpha value is -0.920. The molecule has 4 saturated carbocycles. The molecule has 6 aliphatic heterocycles. The number of hydrogen-bond donors (Lipinski definition) is 13. The van der Waals surface area contributed by atoms with Crippen molar-refractivity contribution in [1.82, 2.24) is 0 Å². The Morgan fingerprint density at radius 3 is 1.81 bits per heavy atom. The average Bonchev–Trinajstić information content (AvgIpc) is 3.82. The normalized spacial score (nSPS) is 58.2. The largest absolute Gasteiger partial charge is 0.394 e. The highest BCUT2D eigenvalue weighted by Crippen LogP contribution is 2.71. The quantitative estimate of drug-likeness (QED) is 0.0902. The Kier molecular flexibility index (Phi) is 16.1. The summed E-state index contributed by atoms with van der Waals surface area (Å²) in [7, 11) is 0. The van der Waals surface area contributed by atoms with E-state index in [1.165, 1.54) is 0 Å². The third kappa shape index (κ3) is 9.49. The number of aliphatic hydroxyl groups excluding tert-OH is 13. The smallest absolute Gasteiger partial charge is 0.187 e. The summed E-state index contributed by atoms with van der Waals surface area (Å²) in [6.45, 7) is 7.00. The van der Waals surface area contributed by atoms with Crippen LogP contribution in [-0.2, 0) is 47.4 Å². The van der Waals surface area contributed by atoms with E-state index in [4.69, 9.17) is 47.4 Å². The van der Waals surface area contributed by atoms with E-state index in [-0.39, 0.29) is 28.8 Å². The molecule has 10 fully saturated rings. The molecule has 0 aromatic heterocycles. The predicted molar refractivity (Wildman–Crippen MR) is 244 cm³/mol. The predicted octanol–water partition coefficient (Wildman–Crippen LogP) is -3.30. The Labute approximate surface area is 424 Å². The van der Waals surface area contributed by atoms with Crippen LogP contribution in [0.1, 0.15) is 85.5 Å². The molecule has 23 nitrogen and oxygen atoms in total. The van der Waals surface area contributed by atoms with Gasteiger partial charge in [0.1, 0.15) is 91.6 Å². The zero-order valence-corrected chi connectivity index (χ0v) is 42.0. The van der Waals surface area contributed by atoms with Gasteiger partial charge in [0.15, 0.2) is 30.9 Å². The van der Waals surface area contributed by atoms with Crippen molar-refractivity contribution in [3.63, 3.8) is 0 Å². The molecule has 13 N–H and O–H groups in total. The van der Waals surface area contributed by atoms with Gasteiger partial charge < -0.3 is 114 Å². The summed E-state index contributed by atoms with van der Waals surface area (Å²) >= 11 is 0. The van der Waals surface area contributed by atoms with Crippen molar-refractivity contribution in [2.75, 3.05) is 33.0 Å². The zero-order chi connectivity index (χ0) is 52.2. The van der Waals surface area contributed by atoms with Gasteiger partial charge in [-0.05, 0) is 97.7 Å². The monoisotopic (exact) mass is 1050 g/mol. The van der Waals surface area contributed by atoms with Crippen molar-refractivity contribution in [2.45, 2.75) is 226 Å². The van der Waals surface area contributed by atoms with Crippen molar-refractivity contribution in [2.24, 2.45) is 52.3 Å². The van der Waals surface area contributed by atoms with Crippen LogP contribution in [0.4, 0.5) is 0 Å².